The second-order valence-electron chi connectivity index (χ2n) is 9.98. The van der Waals surface area contributed by atoms with Crippen LogP contribution in [0.5, 0.6) is 5.75 Å². The number of carbonyl (C=O) groups excluding carboxylic acids is 2. The molecule has 2 heterocycles. The van der Waals surface area contributed by atoms with Crippen LogP contribution in [0.2, 0.25) is 15.1 Å². The molecule has 5 rings (SSSR count). The Morgan fingerprint density at radius 1 is 1.02 bits per heavy atom. The van der Waals surface area contributed by atoms with Gasteiger partial charge in [-0.2, -0.15) is 18.3 Å². The Labute approximate surface area is 281 Å². The van der Waals surface area contributed by atoms with Crippen LogP contribution in [0.25, 0.3) is 11.0 Å². The smallest absolute Gasteiger partial charge is 0.432 e. The summed E-state index contributed by atoms with van der Waals surface area (Å²) in [6.07, 6.45) is -7.57. The van der Waals surface area contributed by atoms with Crippen LogP contribution < -0.4 is 20.7 Å². The third-order valence-corrected chi connectivity index (χ3v) is 7.77. The van der Waals surface area contributed by atoms with E-state index < -0.39 is 48.2 Å². The molecule has 0 saturated carbocycles. The fourth-order valence-electron chi connectivity index (χ4n) is 4.36. The highest BCUT2D eigenvalue weighted by Gasteiger charge is 2.34. The van der Waals surface area contributed by atoms with E-state index in [-0.39, 0.29) is 55.8 Å². The Morgan fingerprint density at radius 2 is 1.77 bits per heavy atom. The molecule has 2 aromatic heterocycles. The molecule has 0 aliphatic heterocycles. The maximum Gasteiger partial charge on any atom is 0.432 e. The van der Waals surface area contributed by atoms with E-state index >= 15 is 0 Å². The summed E-state index contributed by atoms with van der Waals surface area (Å²) in [6, 6.07) is 9.61. The number of ether oxygens (including phenoxy) is 1. The summed E-state index contributed by atoms with van der Waals surface area (Å²) in [6.45, 7) is -1.24. The normalized spacial score (nSPS) is 11.6. The van der Waals surface area contributed by atoms with Crippen molar-refractivity contribution < 1.29 is 40.7 Å². The number of benzene rings is 3. The van der Waals surface area contributed by atoms with E-state index in [1.807, 2.05) is 0 Å². The molecular weight excluding hydrogens is 715 g/mol. The quantitative estimate of drug-likeness (QED) is 0.108. The molecule has 5 aromatic rings. The van der Waals surface area contributed by atoms with Crippen molar-refractivity contribution in [3.8, 4) is 5.75 Å². The van der Waals surface area contributed by atoms with Gasteiger partial charge in [0.25, 0.3) is 18.2 Å². The van der Waals surface area contributed by atoms with Crippen LogP contribution in [0.4, 0.5) is 43.7 Å². The fourth-order valence-corrected chi connectivity index (χ4v) is 5.07. The van der Waals surface area contributed by atoms with Gasteiger partial charge < -0.3 is 25.3 Å². The standard InChI is InChI=1S/C29H20Cl3F6N7O3/c1-45-20-9-21(48-11-23(34)35)14(26(46)40-13-3-5-17(33)16(31)6-13)7-18(20)41-28(45)42-25-15(30)4-2-12(24(25)32)10-39-27(47)19-8-22(44-43-19)29(36,37)38/h2-9,23H,10-11H2,1H3,(H,39,47)(H,40,46)(H,41,42)(H,43,44). The number of amides is 2. The number of hydrogen-bond donors (Lipinski definition) is 4. The van der Waals surface area contributed by atoms with Gasteiger partial charge in [0.05, 0.1) is 37.4 Å². The molecule has 0 radical (unpaired) electrons. The van der Waals surface area contributed by atoms with Gasteiger partial charge in [-0.1, -0.05) is 40.9 Å². The van der Waals surface area contributed by atoms with Crippen molar-refractivity contribution in [3.05, 3.63) is 91.9 Å². The van der Waals surface area contributed by atoms with Gasteiger partial charge in [-0.15, -0.1) is 0 Å². The number of aromatic nitrogens is 4. The van der Waals surface area contributed by atoms with Gasteiger partial charge in [0, 0.05) is 31.4 Å². The molecule has 0 saturated heterocycles. The van der Waals surface area contributed by atoms with Crippen molar-refractivity contribution in [2.75, 3.05) is 17.2 Å². The number of rotatable bonds is 10. The molecule has 252 valence electrons. The van der Waals surface area contributed by atoms with Crippen molar-refractivity contribution >= 4 is 75.0 Å². The fraction of sp³-hybridized carbons (Fsp3) is 0.172. The first-order valence-corrected chi connectivity index (χ1v) is 14.6. The molecule has 0 bridgehead atoms. The number of halogens is 9. The average Bonchev–Trinajstić information content (AvgIpc) is 3.64. The first-order chi connectivity index (χ1) is 22.6. The number of hydrogen-bond acceptors (Lipinski definition) is 6. The lowest BCUT2D eigenvalue weighted by Gasteiger charge is -2.14. The zero-order chi connectivity index (χ0) is 34.9. The molecule has 0 aliphatic carbocycles. The Hall–Kier alpha value is -4.67. The van der Waals surface area contributed by atoms with Crippen LogP contribution in [0, 0.1) is 5.82 Å². The molecule has 2 amide bonds. The van der Waals surface area contributed by atoms with Gasteiger partial charge in [0.2, 0.25) is 5.95 Å². The minimum absolute atomic E-state index is 0.0341. The molecule has 0 aliphatic rings. The molecule has 0 spiro atoms. The number of carbonyl (C=O) groups is 2. The van der Waals surface area contributed by atoms with Gasteiger partial charge >= 0.3 is 6.18 Å². The van der Waals surface area contributed by atoms with Crippen LogP contribution in [0.3, 0.4) is 0 Å². The number of nitrogens with zero attached hydrogens (tertiary/aromatic N) is 3. The molecule has 19 heteroatoms. The maximum absolute atomic E-state index is 13.6. The first-order valence-electron chi connectivity index (χ1n) is 13.4. The van der Waals surface area contributed by atoms with Crippen molar-refractivity contribution in [3.63, 3.8) is 0 Å². The van der Waals surface area contributed by atoms with Crippen molar-refractivity contribution in [2.24, 2.45) is 7.05 Å². The maximum atomic E-state index is 13.6. The third-order valence-electron chi connectivity index (χ3n) is 6.73. The number of H-pyrrole nitrogens is 1. The zero-order valence-electron chi connectivity index (χ0n) is 24.1. The Bertz CT molecular complexity index is 2030. The lowest BCUT2D eigenvalue weighted by Crippen LogP contribution is -2.23. The summed E-state index contributed by atoms with van der Waals surface area (Å²) in [4.78, 5) is 30.1. The number of imidazole rings is 1. The van der Waals surface area contributed by atoms with E-state index in [0.29, 0.717) is 17.1 Å². The van der Waals surface area contributed by atoms with E-state index in [1.165, 1.54) is 41.0 Å². The highest BCUT2D eigenvalue weighted by molar-refractivity contribution is 6.39. The Kier molecular flexibility index (Phi) is 9.98. The Balaban J connectivity index is 1.41. The van der Waals surface area contributed by atoms with Gasteiger partial charge in [0.1, 0.15) is 23.9 Å². The monoisotopic (exact) mass is 733 g/mol. The molecule has 0 atom stereocenters. The van der Waals surface area contributed by atoms with Gasteiger partial charge in [-0.25, -0.2) is 18.2 Å². The van der Waals surface area contributed by atoms with E-state index in [4.69, 9.17) is 39.5 Å². The van der Waals surface area contributed by atoms with Crippen LogP contribution >= 0.6 is 34.8 Å². The van der Waals surface area contributed by atoms with Crippen LogP contribution in [0.1, 0.15) is 32.1 Å². The number of aryl methyl sites for hydroxylation is 1. The zero-order valence-corrected chi connectivity index (χ0v) is 26.3. The van der Waals surface area contributed by atoms with E-state index in [9.17, 15) is 35.9 Å². The number of alkyl halides is 5. The van der Waals surface area contributed by atoms with Crippen molar-refractivity contribution in [1.29, 1.82) is 0 Å². The summed E-state index contributed by atoms with van der Waals surface area (Å²) in [5, 5.41) is 13.0. The number of anilines is 3. The SMILES string of the molecule is Cn1c(Nc2c(Cl)ccc(CNC(=O)c3cc(C(F)(F)F)[nH]n3)c2Cl)nc2cc(C(=O)Nc3ccc(F)c(Cl)c3)c(OCC(F)F)cc21. The van der Waals surface area contributed by atoms with E-state index in [2.05, 4.69) is 26.0 Å². The molecule has 0 unspecified atom stereocenters. The van der Waals surface area contributed by atoms with Gasteiger partial charge in [-0.05, 0) is 35.9 Å². The number of aromatic amines is 1. The van der Waals surface area contributed by atoms with Crippen molar-refractivity contribution in [2.45, 2.75) is 19.1 Å². The number of fused-ring (bicyclic) bond motifs is 1. The molecular formula is C29H20Cl3F6N7O3. The van der Waals surface area contributed by atoms with Gasteiger partial charge in [0.15, 0.2) is 5.69 Å². The summed E-state index contributed by atoms with van der Waals surface area (Å²) in [7, 11) is 1.57. The summed E-state index contributed by atoms with van der Waals surface area (Å²) < 4.78 is 85.0. The molecule has 4 N–H and O–H groups in total. The minimum atomic E-state index is -4.71. The highest BCUT2D eigenvalue weighted by Crippen LogP contribution is 2.37. The predicted molar refractivity (Wildman–Crippen MR) is 166 cm³/mol. The average molecular weight is 735 g/mol. The van der Waals surface area contributed by atoms with Crippen LogP contribution in [-0.2, 0) is 19.8 Å². The number of nitrogens with one attached hydrogen (secondary N) is 4. The summed E-state index contributed by atoms with van der Waals surface area (Å²) in [5.41, 5.74) is -0.684. The predicted octanol–water partition coefficient (Wildman–Crippen LogP) is 7.98. The van der Waals surface area contributed by atoms with Crippen molar-refractivity contribution in [1.82, 2.24) is 25.1 Å². The van der Waals surface area contributed by atoms with E-state index in [0.717, 1.165) is 6.07 Å². The molecule has 3 aromatic carbocycles. The van der Waals surface area contributed by atoms with Gasteiger partial charge in [-0.3, -0.25) is 14.7 Å². The molecule has 10 nitrogen and oxygen atoms in total. The van der Waals surface area contributed by atoms with Crippen LogP contribution in [0.15, 0.2) is 48.5 Å². The lowest BCUT2D eigenvalue weighted by molar-refractivity contribution is -0.141. The first kappa shape index (κ1) is 34.7. The topological polar surface area (TPSA) is 126 Å². The lowest BCUT2D eigenvalue weighted by atomic mass is 10.1. The Morgan fingerprint density at radius 3 is 2.44 bits per heavy atom. The largest absolute Gasteiger partial charge is 0.487 e. The van der Waals surface area contributed by atoms with E-state index in [1.54, 1.807) is 12.1 Å². The summed E-state index contributed by atoms with van der Waals surface area (Å²) in [5.74, 6) is -2.46. The second-order valence-corrected chi connectivity index (χ2v) is 11.2. The second kappa shape index (κ2) is 13.8. The third kappa shape index (κ3) is 7.55. The van der Waals surface area contributed by atoms with Crippen LogP contribution in [-0.4, -0.2) is 44.6 Å². The highest BCUT2D eigenvalue weighted by atomic mass is 35.5. The molecule has 48 heavy (non-hydrogen) atoms. The minimum Gasteiger partial charge on any atom is -0.487 e. The molecule has 0 fully saturated rings. The summed E-state index contributed by atoms with van der Waals surface area (Å²) >= 11 is 18.8.